The highest BCUT2D eigenvalue weighted by atomic mass is 35.5. The number of carbonyl (C=O) groups is 1. The maximum absolute atomic E-state index is 12.2. The molecule has 0 aromatic heterocycles. The van der Waals surface area contributed by atoms with E-state index in [4.69, 9.17) is 11.6 Å². The van der Waals surface area contributed by atoms with Gasteiger partial charge in [-0.15, -0.1) is 0 Å². The Morgan fingerprint density at radius 2 is 1.90 bits per heavy atom. The van der Waals surface area contributed by atoms with E-state index in [0.29, 0.717) is 5.02 Å². The number of halogens is 1. The van der Waals surface area contributed by atoms with Crippen LogP contribution in [0.15, 0.2) is 24.3 Å². The zero-order chi connectivity index (χ0) is 16.2. The monoisotopic (exact) mass is 332 g/mol. The highest BCUT2D eigenvalue weighted by Crippen LogP contribution is 2.32. The minimum Gasteiger partial charge on any atom is -0.337 e. The van der Waals surface area contributed by atoms with Crippen LogP contribution in [0.25, 0.3) is 0 Å². The molecule has 118 valence electrons. The van der Waals surface area contributed by atoms with Crippen LogP contribution in [-0.4, -0.2) is 39.1 Å². The molecule has 5 nitrogen and oxygen atoms in total. The summed E-state index contributed by atoms with van der Waals surface area (Å²) in [6.07, 6.45) is 0. The average molecular weight is 333 g/mol. The van der Waals surface area contributed by atoms with Crippen LogP contribution in [0.3, 0.4) is 0 Å². The van der Waals surface area contributed by atoms with Gasteiger partial charge in [0.1, 0.15) is 5.75 Å². The Bertz CT molecular complexity index is 602. The number of hydrogen-bond acceptors (Lipinski definition) is 3. The third-order valence-corrected chi connectivity index (χ3v) is 4.88. The third-order valence-electron chi connectivity index (χ3n) is 3.29. The van der Waals surface area contributed by atoms with Gasteiger partial charge in [-0.1, -0.05) is 43.6 Å². The Morgan fingerprint density at radius 1 is 1.33 bits per heavy atom. The summed E-state index contributed by atoms with van der Waals surface area (Å²) in [4.78, 5) is 13.7. The van der Waals surface area contributed by atoms with Crippen LogP contribution in [0.2, 0.25) is 5.02 Å². The predicted octanol–water partition coefficient (Wildman–Crippen LogP) is 2.04. The summed E-state index contributed by atoms with van der Waals surface area (Å²) < 4.78 is 25.2. The van der Waals surface area contributed by atoms with Crippen molar-refractivity contribution in [3.05, 3.63) is 34.9 Å². The SMILES string of the molecule is CNS(=O)(=O)CC(=O)N(C)[C@H](c1ccccc1Cl)C(C)C. The topological polar surface area (TPSA) is 66.5 Å². The first-order valence-electron chi connectivity index (χ1n) is 6.61. The number of carbonyl (C=O) groups excluding carboxylic acids is 1. The lowest BCUT2D eigenvalue weighted by molar-refractivity contribution is -0.130. The van der Waals surface area contributed by atoms with Crippen LogP contribution in [-0.2, 0) is 14.8 Å². The quantitative estimate of drug-likeness (QED) is 0.867. The van der Waals surface area contributed by atoms with Gasteiger partial charge in [-0.2, -0.15) is 0 Å². The molecule has 0 heterocycles. The molecular formula is C14H21ClN2O3S. The van der Waals surface area contributed by atoms with Crippen molar-refractivity contribution in [2.24, 2.45) is 5.92 Å². The summed E-state index contributed by atoms with van der Waals surface area (Å²) in [5.41, 5.74) is 0.812. The number of benzene rings is 1. The van der Waals surface area contributed by atoms with Gasteiger partial charge in [0.25, 0.3) is 0 Å². The first-order valence-corrected chi connectivity index (χ1v) is 8.64. The summed E-state index contributed by atoms with van der Waals surface area (Å²) in [5, 5.41) is 0.562. The molecule has 1 rings (SSSR count). The van der Waals surface area contributed by atoms with E-state index in [1.807, 2.05) is 32.0 Å². The van der Waals surface area contributed by atoms with Crippen molar-refractivity contribution >= 4 is 27.5 Å². The number of nitrogens with one attached hydrogen (secondary N) is 1. The number of sulfonamides is 1. The van der Waals surface area contributed by atoms with E-state index in [1.54, 1.807) is 13.1 Å². The Morgan fingerprint density at radius 3 is 2.38 bits per heavy atom. The second kappa shape index (κ2) is 7.24. The van der Waals surface area contributed by atoms with Crippen LogP contribution in [0.5, 0.6) is 0 Å². The lowest BCUT2D eigenvalue weighted by atomic mass is 9.94. The fourth-order valence-corrected chi connectivity index (χ4v) is 3.14. The largest absolute Gasteiger partial charge is 0.337 e. The molecule has 1 N–H and O–H groups in total. The Hall–Kier alpha value is -1.11. The molecule has 0 radical (unpaired) electrons. The molecule has 0 bridgehead atoms. The Balaban J connectivity index is 3.07. The molecule has 1 amide bonds. The van der Waals surface area contributed by atoms with Gasteiger partial charge >= 0.3 is 0 Å². The fourth-order valence-electron chi connectivity index (χ4n) is 2.22. The van der Waals surface area contributed by atoms with Gasteiger partial charge in [0.15, 0.2) is 0 Å². The van der Waals surface area contributed by atoms with Gasteiger partial charge in [0.2, 0.25) is 15.9 Å². The van der Waals surface area contributed by atoms with Crippen molar-refractivity contribution in [2.45, 2.75) is 19.9 Å². The number of hydrogen-bond donors (Lipinski definition) is 1. The second-order valence-corrected chi connectivity index (χ2v) is 7.51. The normalized spacial score (nSPS) is 13.2. The molecule has 0 spiro atoms. The third kappa shape index (κ3) is 4.69. The summed E-state index contributed by atoms with van der Waals surface area (Å²) in [7, 11) is -0.702. The van der Waals surface area contributed by atoms with Crippen LogP contribution in [0.4, 0.5) is 0 Å². The van der Waals surface area contributed by atoms with Crippen LogP contribution < -0.4 is 4.72 Å². The molecule has 0 saturated carbocycles. The van der Waals surface area contributed by atoms with Gasteiger partial charge in [-0.3, -0.25) is 4.79 Å². The van der Waals surface area contributed by atoms with Crippen LogP contribution >= 0.6 is 11.6 Å². The molecule has 1 aromatic carbocycles. The van der Waals surface area contributed by atoms with Crippen molar-refractivity contribution < 1.29 is 13.2 Å². The lowest BCUT2D eigenvalue weighted by Gasteiger charge is -2.32. The minimum atomic E-state index is -3.59. The maximum atomic E-state index is 12.2. The Kier molecular flexibility index (Phi) is 6.19. The molecule has 0 aliphatic rings. The standard InChI is InChI=1S/C14H21ClN2O3S/c1-10(2)14(11-7-5-6-8-12(11)15)17(4)13(18)9-21(19,20)16-3/h5-8,10,14,16H,9H2,1-4H3/t14-/m0/s1. The van der Waals surface area contributed by atoms with E-state index in [0.717, 1.165) is 5.56 Å². The number of amides is 1. The van der Waals surface area contributed by atoms with Crippen molar-refractivity contribution in [2.75, 3.05) is 19.8 Å². The average Bonchev–Trinajstić information content (AvgIpc) is 2.40. The molecule has 1 aromatic rings. The molecule has 21 heavy (non-hydrogen) atoms. The maximum Gasteiger partial charge on any atom is 0.239 e. The van der Waals surface area contributed by atoms with E-state index in [9.17, 15) is 13.2 Å². The van der Waals surface area contributed by atoms with Crippen molar-refractivity contribution in [1.29, 1.82) is 0 Å². The number of rotatable bonds is 6. The summed E-state index contributed by atoms with van der Waals surface area (Å²) in [6, 6.07) is 6.99. The molecule has 0 fully saturated rings. The van der Waals surface area contributed by atoms with Gasteiger partial charge in [0, 0.05) is 12.1 Å². The fraction of sp³-hybridized carbons (Fsp3) is 0.500. The van der Waals surface area contributed by atoms with E-state index in [1.165, 1.54) is 11.9 Å². The number of nitrogens with zero attached hydrogens (tertiary/aromatic N) is 1. The van der Waals surface area contributed by atoms with Crippen molar-refractivity contribution in [1.82, 2.24) is 9.62 Å². The minimum absolute atomic E-state index is 0.0936. The molecule has 0 unspecified atom stereocenters. The van der Waals surface area contributed by atoms with Crippen molar-refractivity contribution in [3.63, 3.8) is 0 Å². The van der Waals surface area contributed by atoms with E-state index in [-0.39, 0.29) is 12.0 Å². The smallest absolute Gasteiger partial charge is 0.239 e. The molecule has 0 aliphatic carbocycles. The molecule has 7 heteroatoms. The highest BCUT2D eigenvalue weighted by Gasteiger charge is 2.28. The van der Waals surface area contributed by atoms with Gasteiger partial charge in [-0.05, 0) is 24.6 Å². The molecule has 0 aliphatic heterocycles. The van der Waals surface area contributed by atoms with Crippen molar-refractivity contribution in [3.8, 4) is 0 Å². The Labute approximate surface area is 131 Å². The lowest BCUT2D eigenvalue weighted by Crippen LogP contribution is -2.40. The highest BCUT2D eigenvalue weighted by molar-refractivity contribution is 7.90. The van der Waals surface area contributed by atoms with Gasteiger partial charge in [0.05, 0.1) is 6.04 Å². The summed E-state index contributed by atoms with van der Waals surface area (Å²) in [5.74, 6) is -0.952. The van der Waals surface area contributed by atoms with Crippen LogP contribution in [0.1, 0.15) is 25.5 Å². The first kappa shape index (κ1) is 17.9. The first-order chi connectivity index (χ1) is 9.69. The molecule has 1 atom stereocenters. The molecular weight excluding hydrogens is 312 g/mol. The summed E-state index contributed by atoms with van der Waals surface area (Å²) in [6.45, 7) is 3.93. The van der Waals surface area contributed by atoms with E-state index < -0.39 is 21.7 Å². The van der Waals surface area contributed by atoms with E-state index in [2.05, 4.69) is 4.72 Å². The van der Waals surface area contributed by atoms with Gasteiger partial charge in [-0.25, -0.2) is 13.1 Å². The zero-order valence-electron chi connectivity index (χ0n) is 12.6. The zero-order valence-corrected chi connectivity index (χ0v) is 14.2. The van der Waals surface area contributed by atoms with E-state index >= 15 is 0 Å². The summed E-state index contributed by atoms with van der Waals surface area (Å²) >= 11 is 6.20. The molecule has 0 saturated heterocycles. The van der Waals surface area contributed by atoms with Crippen LogP contribution in [0, 0.1) is 5.92 Å². The second-order valence-electron chi connectivity index (χ2n) is 5.18. The predicted molar refractivity (Wildman–Crippen MR) is 84.6 cm³/mol. The van der Waals surface area contributed by atoms with Gasteiger partial charge < -0.3 is 4.90 Å².